The van der Waals surface area contributed by atoms with Crippen LogP contribution in [0.1, 0.15) is 69.3 Å². The molecule has 1 fully saturated rings. The average molecular weight is 447 g/mol. The largest absolute Gasteiger partial charge is 0.493 e. The Hall–Kier alpha value is -3.68. The lowest BCUT2D eigenvalue weighted by atomic mass is 9.97. The molecule has 5 rings (SSSR count). The minimum absolute atomic E-state index is 0.0726. The number of ether oxygens (including phenoxy) is 2. The molecule has 0 radical (unpaired) electrons. The van der Waals surface area contributed by atoms with Gasteiger partial charge in [-0.2, -0.15) is 0 Å². The molecule has 0 saturated heterocycles. The maximum absolute atomic E-state index is 13.2. The Morgan fingerprint density at radius 1 is 1.12 bits per heavy atom. The van der Waals surface area contributed by atoms with Crippen LogP contribution in [0.2, 0.25) is 0 Å². The van der Waals surface area contributed by atoms with E-state index in [-0.39, 0.29) is 24.5 Å². The fraction of sp³-hybridized carbons (Fsp3) is 0.360. The molecule has 1 saturated carbocycles. The smallest absolute Gasteiger partial charge is 0.261 e. The van der Waals surface area contributed by atoms with Crippen LogP contribution in [0.25, 0.3) is 0 Å². The summed E-state index contributed by atoms with van der Waals surface area (Å²) in [7, 11) is 1.60. The van der Waals surface area contributed by atoms with Crippen molar-refractivity contribution in [1.82, 2.24) is 15.1 Å². The van der Waals surface area contributed by atoms with E-state index in [1.54, 1.807) is 19.2 Å². The van der Waals surface area contributed by atoms with Crippen LogP contribution in [0, 0.1) is 6.92 Å². The normalized spacial score (nSPS) is 16.8. The molecule has 8 heteroatoms. The zero-order chi connectivity index (χ0) is 22.9. The van der Waals surface area contributed by atoms with Gasteiger partial charge >= 0.3 is 0 Å². The molecule has 0 spiro atoms. The summed E-state index contributed by atoms with van der Waals surface area (Å²) in [4.78, 5) is 27.5. The van der Waals surface area contributed by atoms with Crippen molar-refractivity contribution in [2.75, 3.05) is 13.7 Å². The van der Waals surface area contributed by atoms with Gasteiger partial charge in [-0.05, 0) is 61.9 Å². The lowest BCUT2D eigenvalue weighted by molar-refractivity contribution is 0.0646. The highest BCUT2D eigenvalue weighted by atomic mass is 16.5. The first kappa shape index (κ1) is 21.2. The minimum Gasteiger partial charge on any atom is -0.493 e. The van der Waals surface area contributed by atoms with Gasteiger partial charge in [0.15, 0.2) is 11.5 Å². The van der Waals surface area contributed by atoms with E-state index < -0.39 is 5.92 Å². The van der Waals surface area contributed by atoms with Gasteiger partial charge < -0.3 is 13.9 Å². The maximum atomic E-state index is 13.2. The molecule has 2 heterocycles. The second-order valence-corrected chi connectivity index (χ2v) is 8.48. The first-order valence-electron chi connectivity index (χ1n) is 11.1. The molecule has 8 nitrogen and oxygen atoms in total. The van der Waals surface area contributed by atoms with Crippen LogP contribution in [-0.4, -0.2) is 46.7 Å². The summed E-state index contributed by atoms with van der Waals surface area (Å²) in [6, 6.07) is 10.9. The first-order valence-corrected chi connectivity index (χ1v) is 11.1. The first-order chi connectivity index (χ1) is 16.1. The molecule has 1 unspecified atom stereocenters. The summed E-state index contributed by atoms with van der Waals surface area (Å²) in [6.07, 6.45) is 5.71. The molecule has 0 N–H and O–H groups in total. The third-order valence-electron chi connectivity index (χ3n) is 6.43. The standard InChI is InChI=1S/C25H25N3O5/c1-15-6-5-9-18-22(15)25(30)28(24(18)29)13-19(23-27-26-14-32-23)16-10-11-20(31-2)21(12-16)33-17-7-3-4-8-17/h5-6,9-12,14,17,19H,3-4,7-8,13H2,1-2H3. The van der Waals surface area contributed by atoms with Crippen LogP contribution < -0.4 is 9.47 Å². The van der Waals surface area contributed by atoms with Crippen LogP contribution in [0.5, 0.6) is 11.5 Å². The van der Waals surface area contributed by atoms with Crippen LogP contribution in [0.4, 0.5) is 0 Å². The van der Waals surface area contributed by atoms with Crippen molar-refractivity contribution in [3.8, 4) is 11.5 Å². The Labute approximate surface area is 191 Å². The number of hydrogen-bond acceptors (Lipinski definition) is 7. The van der Waals surface area contributed by atoms with Gasteiger partial charge in [0.2, 0.25) is 12.3 Å². The van der Waals surface area contributed by atoms with E-state index in [0.29, 0.717) is 28.5 Å². The van der Waals surface area contributed by atoms with E-state index in [2.05, 4.69) is 10.2 Å². The molecule has 170 valence electrons. The number of carbonyl (C=O) groups excluding carboxylic acids is 2. The molecular weight excluding hydrogens is 422 g/mol. The number of benzene rings is 2. The summed E-state index contributed by atoms with van der Waals surface area (Å²) < 4.78 is 17.3. The second kappa shape index (κ2) is 8.69. The number of fused-ring (bicyclic) bond motifs is 1. The van der Waals surface area contributed by atoms with Gasteiger partial charge in [0, 0.05) is 6.54 Å². The Morgan fingerprint density at radius 3 is 2.64 bits per heavy atom. The average Bonchev–Trinajstić information content (AvgIpc) is 3.57. The summed E-state index contributed by atoms with van der Waals surface area (Å²) in [5, 5.41) is 7.90. The summed E-state index contributed by atoms with van der Waals surface area (Å²) in [5.74, 6) is 0.440. The van der Waals surface area contributed by atoms with Crippen LogP contribution in [0.3, 0.4) is 0 Å². The van der Waals surface area contributed by atoms with Crippen molar-refractivity contribution in [2.24, 2.45) is 0 Å². The number of imide groups is 1. The zero-order valence-corrected chi connectivity index (χ0v) is 18.6. The summed E-state index contributed by atoms with van der Waals surface area (Å²) in [5.41, 5.74) is 2.44. The lowest BCUT2D eigenvalue weighted by Gasteiger charge is -2.22. The van der Waals surface area contributed by atoms with E-state index in [1.807, 2.05) is 31.2 Å². The van der Waals surface area contributed by atoms with Crippen molar-refractivity contribution in [1.29, 1.82) is 0 Å². The number of methoxy groups -OCH3 is 1. The van der Waals surface area contributed by atoms with Crippen LogP contribution >= 0.6 is 0 Å². The van der Waals surface area contributed by atoms with Gasteiger partial charge in [-0.25, -0.2) is 0 Å². The van der Waals surface area contributed by atoms with Gasteiger partial charge in [0.1, 0.15) is 0 Å². The minimum atomic E-state index is -0.508. The number of nitrogens with zero attached hydrogens (tertiary/aromatic N) is 3. The quantitative estimate of drug-likeness (QED) is 0.503. The van der Waals surface area contributed by atoms with Gasteiger partial charge in [0.25, 0.3) is 11.8 Å². The van der Waals surface area contributed by atoms with Gasteiger partial charge in [-0.15, -0.1) is 10.2 Å². The fourth-order valence-electron chi connectivity index (χ4n) is 4.70. The SMILES string of the molecule is COc1ccc(C(CN2C(=O)c3cccc(C)c3C2=O)c2nnco2)cc1OC1CCCC1. The van der Waals surface area contributed by atoms with E-state index in [9.17, 15) is 9.59 Å². The Bertz CT molecular complexity index is 1180. The second-order valence-electron chi connectivity index (χ2n) is 8.48. The third-order valence-corrected chi connectivity index (χ3v) is 6.43. The molecule has 1 aliphatic heterocycles. The van der Waals surface area contributed by atoms with E-state index in [4.69, 9.17) is 13.9 Å². The van der Waals surface area contributed by atoms with Gasteiger partial charge in [-0.3, -0.25) is 14.5 Å². The summed E-state index contributed by atoms with van der Waals surface area (Å²) in [6.45, 7) is 1.91. The maximum Gasteiger partial charge on any atom is 0.261 e. The Balaban J connectivity index is 1.49. The molecule has 1 aromatic heterocycles. The van der Waals surface area contributed by atoms with Crippen molar-refractivity contribution >= 4 is 11.8 Å². The topological polar surface area (TPSA) is 94.8 Å². The van der Waals surface area contributed by atoms with Crippen molar-refractivity contribution < 1.29 is 23.5 Å². The van der Waals surface area contributed by atoms with Gasteiger partial charge in [-0.1, -0.05) is 18.2 Å². The number of carbonyl (C=O) groups is 2. The molecule has 0 bridgehead atoms. The monoisotopic (exact) mass is 447 g/mol. The van der Waals surface area contributed by atoms with Gasteiger partial charge in [0.05, 0.1) is 30.3 Å². The molecular formula is C25H25N3O5. The highest BCUT2D eigenvalue weighted by Gasteiger charge is 2.39. The van der Waals surface area contributed by atoms with Crippen LogP contribution in [0.15, 0.2) is 47.2 Å². The molecule has 2 aromatic carbocycles. The van der Waals surface area contributed by atoms with E-state index >= 15 is 0 Å². The van der Waals surface area contributed by atoms with E-state index in [1.165, 1.54) is 11.3 Å². The predicted octanol–water partition coefficient (Wildman–Crippen LogP) is 4.14. The number of amides is 2. The molecule has 2 amide bonds. The molecule has 3 aromatic rings. The highest BCUT2D eigenvalue weighted by Crippen LogP contribution is 2.37. The molecule has 33 heavy (non-hydrogen) atoms. The number of aromatic nitrogens is 2. The zero-order valence-electron chi connectivity index (χ0n) is 18.6. The molecule has 1 aliphatic carbocycles. The number of aryl methyl sites for hydroxylation is 1. The lowest BCUT2D eigenvalue weighted by Crippen LogP contribution is -2.34. The third kappa shape index (κ3) is 3.86. The molecule has 1 atom stereocenters. The molecule has 2 aliphatic rings. The number of hydrogen-bond donors (Lipinski definition) is 0. The van der Waals surface area contributed by atoms with Crippen molar-refractivity contribution in [2.45, 2.75) is 44.6 Å². The van der Waals surface area contributed by atoms with Crippen molar-refractivity contribution in [3.05, 3.63) is 70.9 Å². The van der Waals surface area contributed by atoms with Crippen LogP contribution in [-0.2, 0) is 0 Å². The van der Waals surface area contributed by atoms with Crippen molar-refractivity contribution in [3.63, 3.8) is 0 Å². The summed E-state index contributed by atoms with van der Waals surface area (Å²) >= 11 is 0. The Kier molecular flexibility index (Phi) is 5.58. The van der Waals surface area contributed by atoms with E-state index in [0.717, 1.165) is 36.8 Å². The highest BCUT2D eigenvalue weighted by molar-refractivity contribution is 6.22. The predicted molar refractivity (Wildman–Crippen MR) is 119 cm³/mol. The fourth-order valence-corrected chi connectivity index (χ4v) is 4.70. The Morgan fingerprint density at radius 2 is 1.94 bits per heavy atom. The number of rotatable bonds is 7.